The van der Waals surface area contributed by atoms with Crippen LogP contribution in [-0.4, -0.2) is 46.2 Å². The van der Waals surface area contributed by atoms with Crippen molar-refractivity contribution in [2.24, 2.45) is 0 Å². The predicted molar refractivity (Wildman–Crippen MR) is 108 cm³/mol. The summed E-state index contributed by atoms with van der Waals surface area (Å²) in [6, 6.07) is 13.0. The molecule has 0 atom stereocenters. The fraction of sp³-hybridized carbons (Fsp3) is 0.350. The van der Waals surface area contributed by atoms with E-state index in [4.69, 9.17) is 4.74 Å². The van der Waals surface area contributed by atoms with E-state index in [0.717, 1.165) is 22.9 Å². The van der Waals surface area contributed by atoms with Gasteiger partial charge in [-0.15, -0.1) is 0 Å². The molecule has 0 heterocycles. The molecule has 0 aromatic heterocycles. The maximum Gasteiger partial charge on any atom is 0.243 e. The summed E-state index contributed by atoms with van der Waals surface area (Å²) >= 11 is 0. The first-order chi connectivity index (χ1) is 12.6. The molecule has 0 fully saturated rings. The molecule has 6 nitrogen and oxygen atoms in total. The van der Waals surface area contributed by atoms with Crippen LogP contribution in [0.25, 0.3) is 0 Å². The first-order valence-corrected chi connectivity index (χ1v) is 10.4. The molecule has 0 bridgehead atoms. The van der Waals surface area contributed by atoms with E-state index in [1.165, 1.54) is 9.21 Å². The number of aryl methyl sites for hydroxylation is 2. The average Bonchev–Trinajstić information content (AvgIpc) is 2.60. The molecular formula is C20H26N2O4S. The lowest BCUT2D eigenvalue weighted by atomic mass is 10.1. The van der Waals surface area contributed by atoms with Crippen LogP contribution in [0.5, 0.6) is 5.75 Å². The highest BCUT2D eigenvalue weighted by Crippen LogP contribution is 2.27. The zero-order valence-electron chi connectivity index (χ0n) is 16.4. The van der Waals surface area contributed by atoms with Crippen LogP contribution < -0.4 is 9.04 Å². The Labute approximate surface area is 161 Å². The molecule has 0 aliphatic heterocycles. The summed E-state index contributed by atoms with van der Waals surface area (Å²) in [4.78, 5) is 14.3. The smallest absolute Gasteiger partial charge is 0.243 e. The van der Waals surface area contributed by atoms with Crippen molar-refractivity contribution < 1.29 is 17.9 Å². The van der Waals surface area contributed by atoms with E-state index >= 15 is 0 Å². The van der Waals surface area contributed by atoms with Gasteiger partial charge in [0.1, 0.15) is 12.3 Å². The van der Waals surface area contributed by atoms with Crippen LogP contribution in [0.2, 0.25) is 0 Å². The normalized spacial score (nSPS) is 11.1. The summed E-state index contributed by atoms with van der Waals surface area (Å²) in [6.07, 6.45) is 1.12. The molecule has 2 rings (SSSR count). The summed E-state index contributed by atoms with van der Waals surface area (Å²) in [6.45, 7) is 3.75. The Morgan fingerprint density at radius 1 is 1.04 bits per heavy atom. The van der Waals surface area contributed by atoms with Crippen molar-refractivity contribution in [2.45, 2.75) is 20.4 Å². The minimum absolute atomic E-state index is 0.254. The van der Waals surface area contributed by atoms with E-state index in [9.17, 15) is 13.2 Å². The third-order valence-electron chi connectivity index (χ3n) is 4.39. The average molecular weight is 391 g/mol. The highest BCUT2D eigenvalue weighted by Gasteiger charge is 2.25. The summed E-state index contributed by atoms with van der Waals surface area (Å²) < 4.78 is 31.3. The van der Waals surface area contributed by atoms with Gasteiger partial charge >= 0.3 is 0 Å². The SMILES string of the molecule is COc1ccccc1CN(C)C(=O)CN(c1c(C)cccc1C)S(C)(=O)=O. The van der Waals surface area contributed by atoms with Gasteiger partial charge < -0.3 is 9.64 Å². The number of rotatable bonds is 7. The number of carbonyl (C=O) groups excluding carboxylic acids is 1. The number of hydrogen-bond donors (Lipinski definition) is 0. The number of nitrogens with zero attached hydrogens (tertiary/aromatic N) is 2. The van der Waals surface area contributed by atoms with Gasteiger partial charge in [-0.05, 0) is 31.0 Å². The lowest BCUT2D eigenvalue weighted by Crippen LogP contribution is -2.41. The van der Waals surface area contributed by atoms with E-state index in [1.807, 2.05) is 56.3 Å². The zero-order chi connectivity index (χ0) is 20.2. The fourth-order valence-electron chi connectivity index (χ4n) is 2.98. The quantitative estimate of drug-likeness (QED) is 0.729. The van der Waals surface area contributed by atoms with Gasteiger partial charge in [-0.2, -0.15) is 0 Å². The molecule has 0 N–H and O–H groups in total. The molecule has 7 heteroatoms. The number of likely N-dealkylation sites (N-methyl/N-ethyl adjacent to an activating group) is 1. The first-order valence-electron chi connectivity index (χ1n) is 8.55. The Kier molecular flexibility index (Phi) is 6.49. The molecule has 2 aromatic carbocycles. The van der Waals surface area contributed by atoms with Gasteiger partial charge in [0.05, 0.1) is 19.1 Å². The highest BCUT2D eigenvalue weighted by atomic mass is 32.2. The number of benzene rings is 2. The van der Waals surface area contributed by atoms with E-state index in [0.29, 0.717) is 18.0 Å². The summed E-state index contributed by atoms with van der Waals surface area (Å²) in [7, 11) is -0.387. The lowest BCUT2D eigenvalue weighted by molar-refractivity contribution is -0.128. The van der Waals surface area contributed by atoms with Crippen molar-refractivity contribution in [1.29, 1.82) is 0 Å². The van der Waals surface area contributed by atoms with Gasteiger partial charge in [0.15, 0.2) is 0 Å². The molecule has 0 spiro atoms. The Morgan fingerprint density at radius 2 is 1.63 bits per heavy atom. The summed E-state index contributed by atoms with van der Waals surface area (Å²) in [5, 5.41) is 0. The maximum absolute atomic E-state index is 12.8. The van der Waals surface area contributed by atoms with Gasteiger partial charge in [0.2, 0.25) is 15.9 Å². The number of anilines is 1. The largest absolute Gasteiger partial charge is 0.496 e. The van der Waals surface area contributed by atoms with E-state index in [1.54, 1.807) is 14.2 Å². The monoisotopic (exact) mass is 390 g/mol. The minimum atomic E-state index is -3.62. The number of ether oxygens (including phenoxy) is 1. The molecule has 0 unspecified atom stereocenters. The standard InChI is InChI=1S/C20H26N2O4S/c1-15-9-8-10-16(2)20(15)22(27(5,24)25)14-19(23)21(3)13-17-11-6-7-12-18(17)26-4/h6-12H,13-14H2,1-5H3. The molecule has 0 saturated carbocycles. The van der Waals surface area contributed by atoms with Gasteiger partial charge in [0.25, 0.3) is 0 Å². The van der Waals surface area contributed by atoms with Crippen molar-refractivity contribution in [2.75, 3.05) is 31.3 Å². The number of amides is 1. The second-order valence-corrected chi connectivity index (χ2v) is 8.48. The number of hydrogen-bond acceptors (Lipinski definition) is 4. The Balaban J connectivity index is 2.26. The molecule has 1 amide bonds. The van der Waals surface area contributed by atoms with E-state index in [-0.39, 0.29) is 12.5 Å². The van der Waals surface area contributed by atoms with E-state index < -0.39 is 10.0 Å². The molecule has 0 radical (unpaired) electrons. The summed E-state index contributed by atoms with van der Waals surface area (Å²) in [5.41, 5.74) is 3.02. The Hall–Kier alpha value is -2.54. The van der Waals surface area contributed by atoms with Crippen molar-refractivity contribution in [1.82, 2.24) is 4.90 Å². The number of para-hydroxylation sites is 2. The van der Waals surface area contributed by atoms with Crippen LogP contribution in [0.15, 0.2) is 42.5 Å². The van der Waals surface area contributed by atoms with Crippen LogP contribution in [0.4, 0.5) is 5.69 Å². The lowest BCUT2D eigenvalue weighted by Gasteiger charge is -2.28. The van der Waals surface area contributed by atoms with Crippen LogP contribution in [0, 0.1) is 13.8 Å². The second kappa shape index (κ2) is 8.43. The first kappa shape index (κ1) is 20.8. The molecule has 146 valence electrons. The third kappa shape index (κ3) is 5.01. The van der Waals surface area contributed by atoms with Crippen molar-refractivity contribution >= 4 is 21.6 Å². The Bertz CT molecular complexity index is 905. The van der Waals surface area contributed by atoms with Crippen molar-refractivity contribution in [3.63, 3.8) is 0 Å². The molecular weight excluding hydrogens is 364 g/mol. The van der Waals surface area contributed by atoms with Crippen molar-refractivity contribution in [3.05, 3.63) is 59.2 Å². The van der Waals surface area contributed by atoms with Gasteiger partial charge in [-0.25, -0.2) is 8.42 Å². The fourth-order valence-corrected chi connectivity index (χ4v) is 3.95. The Morgan fingerprint density at radius 3 is 2.19 bits per heavy atom. The van der Waals surface area contributed by atoms with Gasteiger partial charge in [0, 0.05) is 19.2 Å². The molecule has 0 saturated heterocycles. The zero-order valence-corrected chi connectivity index (χ0v) is 17.2. The van der Waals surface area contributed by atoms with Crippen LogP contribution in [0.3, 0.4) is 0 Å². The number of sulfonamides is 1. The van der Waals surface area contributed by atoms with Crippen molar-refractivity contribution in [3.8, 4) is 5.75 Å². The third-order valence-corrected chi connectivity index (χ3v) is 5.51. The highest BCUT2D eigenvalue weighted by molar-refractivity contribution is 7.92. The van der Waals surface area contributed by atoms with Gasteiger partial charge in [-0.1, -0.05) is 36.4 Å². The molecule has 27 heavy (non-hydrogen) atoms. The number of carbonyl (C=O) groups is 1. The molecule has 0 aliphatic carbocycles. The minimum Gasteiger partial charge on any atom is -0.496 e. The van der Waals surface area contributed by atoms with Crippen LogP contribution in [-0.2, 0) is 21.4 Å². The molecule has 0 aliphatic rings. The predicted octanol–water partition coefficient (Wildman–Crippen LogP) is 2.74. The summed E-state index contributed by atoms with van der Waals surface area (Å²) in [5.74, 6) is 0.390. The van der Waals surface area contributed by atoms with Crippen LogP contribution in [0.1, 0.15) is 16.7 Å². The molecule has 2 aromatic rings. The second-order valence-electron chi connectivity index (χ2n) is 6.57. The van der Waals surface area contributed by atoms with E-state index in [2.05, 4.69) is 0 Å². The van der Waals surface area contributed by atoms with Gasteiger partial charge in [-0.3, -0.25) is 9.10 Å². The van der Waals surface area contributed by atoms with Crippen LogP contribution >= 0.6 is 0 Å². The maximum atomic E-state index is 12.8. The number of methoxy groups -OCH3 is 1. The topological polar surface area (TPSA) is 66.9 Å².